The molecule has 3 rings (SSSR count). The zero-order chi connectivity index (χ0) is 22.6. The van der Waals surface area contributed by atoms with Crippen molar-refractivity contribution in [3.63, 3.8) is 0 Å². The van der Waals surface area contributed by atoms with Crippen LogP contribution in [0, 0.1) is 13.8 Å². The molecule has 0 saturated heterocycles. The van der Waals surface area contributed by atoms with Gasteiger partial charge in [-0.25, -0.2) is 4.98 Å². The SMILES string of the molecule is Cc1cccc(OCC(O)CNC(=O)c2sc(-c3ccc(C(F)(F)F)cc3)nc2C)c1. The number of nitrogens with one attached hydrogen (secondary N) is 1. The van der Waals surface area contributed by atoms with E-state index in [1.54, 1.807) is 13.0 Å². The summed E-state index contributed by atoms with van der Waals surface area (Å²) in [6.07, 6.45) is -5.32. The summed E-state index contributed by atoms with van der Waals surface area (Å²) in [5.74, 6) is 0.215. The number of rotatable bonds is 7. The first kappa shape index (κ1) is 22.8. The number of alkyl halides is 3. The lowest BCUT2D eigenvalue weighted by Crippen LogP contribution is -2.35. The van der Waals surface area contributed by atoms with Gasteiger partial charge in [0.2, 0.25) is 0 Å². The smallest absolute Gasteiger partial charge is 0.416 e. The van der Waals surface area contributed by atoms with E-state index in [0.29, 0.717) is 26.9 Å². The Hall–Kier alpha value is -2.91. The molecule has 2 aromatic carbocycles. The summed E-state index contributed by atoms with van der Waals surface area (Å²) in [6, 6.07) is 12.0. The Morgan fingerprint density at radius 2 is 1.90 bits per heavy atom. The van der Waals surface area contributed by atoms with E-state index in [1.807, 2.05) is 25.1 Å². The van der Waals surface area contributed by atoms with Crippen molar-refractivity contribution in [2.45, 2.75) is 26.1 Å². The van der Waals surface area contributed by atoms with Gasteiger partial charge in [-0.2, -0.15) is 13.2 Å². The van der Waals surface area contributed by atoms with Crippen LogP contribution >= 0.6 is 11.3 Å². The molecule has 1 heterocycles. The van der Waals surface area contributed by atoms with E-state index in [-0.39, 0.29) is 13.2 Å². The van der Waals surface area contributed by atoms with Crippen molar-refractivity contribution in [3.8, 4) is 16.3 Å². The maximum absolute atomic E-state index is 12.7. The number of aliphatic hydroxyl groups excluding tert-OH is 1. The second kappa shape index (κ2) is 9.49. The third-order valence-corrected chi connectivity index (χ3v) is 5.60. The number of carbonyl (C=O) groups excluding carboxylic acids is 1. The molecule has 1 aromatic heterocycles. The summed E-state index contributed by atoms with van der Waals surface area (Å²) < 4.78 is 43.7. The lowest BCUT2D eigenvalue weighted by Gasteiger charge is -2.13. The van der Waals surface area contributed by atoms with Gasteiger partial charge >= 0.3 is 6.18 Å². The molecule has 1 amide bonds. The number of hydrogen-bond donors (Lipinski definition) is 2. The molecule has 31 heavy (non-hydrogen) atoms. The van der Waals surface area contributed by atoms with Gasteiger partial charge in [-0.1, -0.05) is 24.3 Å². The van der Waals surface area contributed by atoms with E-state index in [9.17, 15) is 23.1 Å². The van der Waals surface area contributed by atoms with E-state index >= 15 is 0 Å². The molecule has 0 aliphatic heterocycles. The molecule has 9 heteroatoms. The van der Waals surface area contributed by atoms with Crippen molar-refractivity contribution in [1.82, 2.24) is 10.3 Å². The number of aromatic nitrogens is 1. The van der Waals surface area contributed by atoms with Crippen molar-refractivity contribution in [1.29, 1.82) is 0 Å². The average molecular weight is 450 g/mol. The molecule has 5 nitrogen and oxygen atoms in total. The van der Waals surface area contributed by atoms with E-state index in [4.69, 9.17) is 4.74 Å². The van der Waals surface area contributed by atoms with Crippen LogP contribution in [-0.4, -0.2) is 35.3 Å². The predicted molar refractivity (Wildman–Crippen MR) is 112 cm³/mol. The highest BCUT2D eigenvalue weighted by Gasteiger charge is 2.30. The molecule has 0 aliphatic rings. The summed E-state index contributed by atoms with van der Waals surface area (Å²) in [6.45, 7) is 3.58. The second-order valence-electron chi connectivity index (χ2n) is 7.00. The molecule has 0 radical (unpaired) electrons. The summed E-state index contributed by atoms with van der Waals surface area (Å²) in [7, 11) is 0. The number of benzene rings is 2. The van der Waals surface area contributed by atoms with Gasteiger partial charge in [-0.15, -0.1) is 11.3 Å². The van der Waals surface area contributed by atoms with Gasteiger partial charge in [0, 0.05) is 12.1 Å². The van der Waals surface area contributed by atoms with Crippen LogP contribution in [0.3, 0.4) is 0 Å². The number of thiazole rings is 1. The average Bonchev–Trinajstić information content (AvgIpc) is 3.12. The van der Waals surface area contributed by atoms with E-state index in [0.717, 1.165) is 29.0 Å². The zero-order valence-corrected chi connectivity index (χ0v) is 17.7. The van der Waals surface area contributed by atoms with Gasteiger partial charge in [0.1, 0.15) is 28.3 Å². The number of ether oxygens (including phenoxy) is 1. The Balaban J connectivity index is 1.58. The third kappa shape index (κ3) is 6.05. The van der Waals surface area contributed by atoms with Crippen LogP contribution in [-0.2, 0) is 6.18 Å². The number of halogens is 3. The van der Waals surface area contributed by atoms with E-state index in [2.05, 4.69) is 10.3 Å². The molecule has 0 saturated carbocycles. The monoisotopic (exact) mass is 450 g/mol. The van der Waals surface area contributed by atoms with Crippen LogP contribution in [0.4, 0.5) is 13.2 Å². The van der Waals surface area contributed by atoms with E-state index < -0.39 is 23.8 Å². The highest BCUT2D eigenvalue weighted by molar-refractivity contribution is 7.17. The normalized spacial score (nSPS) is 12.5. The minimum Gasteiger partial charge on any atom is -0.491 e. The highest BCUT2D eigenvalue weighted by atomic mass is 32.1. The van der Waals surface area contributed by atoms with Crippen LogP contribution in [0.1, 0.15) is 26.5 Å². The molecule has 3 aromatic rings. The predicted octanol–water partition coefficient (Wildman–Crippen LogP) is 4.62. The van der Waals surface area contributed by atoms with Gasteiger partial charge in [-0.3, -0.25) is 4.79 Å². The fraction of sp³-hybridized carbons (Fsp3) is 0.273. The number of aryl methyl sites for hydroxylation is 2. The first-order valence-corrected chi connectivity index (χ1v) is 10.3. The number of nitrogens with zero attached hydrogens (tertiary/aromatic N) is 1. The van der Waals surface area contributed by atoms with Crippen molar-refractivity contribution >= 4 is 17.2 Å². The summed E-state index contributed by atoms with van der Waals surface area (Å²) >= 11 is 1.08. The second-order valence-corrected chi connectivity index (χ2v) is 8.00. The Kier molecular flexibility index (Phi) is 6.97. The van der Waals surface area contributed by atoms with Crippen molar-refractivity contribution in [2.24, 2.45) is 0 Å². The highest BCUT2D eigenvalue weighted by Crippen LogP contribution is 2.33. The van der Waals surface area contributed by atoms with Crippen LogP contribution in [0.2, 0.25) is 0 Å². The van der Waals surface area contributed by atoms with Crippen LogP contribution < -0.4 is 10.1 Å². The summed E-state index contributed by atoms with van der Waals surface area (Å²) in [5.41, 5.74) is 1.24. The largest absolute Gasteiger partial charge is 0.491 e. The van der Waals surface area contributed by atoms with Gasteiger partial charge in [-0.05, 0) is 43.7 Å². The Labute approximate surface area is 181 Å². The molecule has 0 spiro atoms. The van der Waals surface area contributed by atoms with Crippen LogP contribution in [0.5, 0.6) is 5.75 Å². The lowest BCUT2D eigenvalue weighted by molar-refractivity contribution is -0.137. The maximum Gasteiger partial charge on any atom is 0.416 e. The first-order valence-electron chi connectivity index (χ1n) is 9.44. The Morgan fingerprint density at radius 1 is 1.19 bits per heavy atom. The third-order valence-electron chi connectivity index (χ3n) is 4.39. The minimum atomic E-state index is -4.41. The molecule has 2 N–H and O–H groups in total. The van der Waals surface area contributed by atoms with Crippen molar-refractivity contribution in [3.05, 3.63) is 70.2 Å². The molecular weight excluding hydrogens is 429 g/mol. The number of aliphatic hydroxyl groups is 1. The van der Waals surface area contributed by atoms with Gasteiger partial charge in [0.25, 0.3) is 5.91 Å². The Morgan fingerprint density at radius 3 is 2.55 bits per heavy atom. The van der Waals surface area contributed by atoms with Crippen molar-refractivity contribution in [2.75, 3.05) is 13.2 Å². The zero-order valence-electron chi connectivity index (χ0n) is 16.9. The van der Waals surface area contributed by atoms with E-state index in [1.165, 1.54) is 12.1 Å². The molecule has 0 bridgehead atoms. The Bertz CT molecular complexity index is 1050. The van der Waals surface area contributed by atoms with Crippen LogP contribution in [0.25, 0.3) is 10.6 Å². The standard InChI is InChI=1S/C22H21F3N2O3S/c1-13-4-3-5-18(10-13)30-12-17(28)11-26-20(29)19-14(2)27-21(31-19)15-6-8-16(9-7-15)22(23,24)25/h3-10,17,28H,11-12H2,1-2H3,(H,26,29). The molecule has 164 valence electrons. The molecule has 1 atom stereocenters. The fourth-order valence-electron chi connectivity index (χ4n) is 2.78. The number of amides is 1. The lowest BCUT2D eigenvalue weighted by atomic mass is 10.1. The number of carbonyl (C=O) groups is 1. The minimum absolute atomic E-state index is 0.0161. The molecule has 0 aliphatic carbocycles. The quantitative estimate of drug-likeness (QED) is 0.551. The first-order chi connectivity index (χ1) is 14.6. The number of hydrogen-bond acceptors (Lipinski definition) is 5. The maximum atomic E-state index is 12.7. The van der Waals surface area contributed by atoms with Gasteiger partial charge in [0.05, 0.1) is 11.3 Å². The summed E-state index contributed by atoms with van der Waals surface area (Å²) in [5, 5.41) is 13.2. The molecule has 0 fully saturated rings. The van der Waals surface area contributed by atoms with Crippen LogP contribution in [0.15, 0.2) is 48.5 Å². The summed E-state index contributed by atoms with van der Waals surface area (Å²) in [4.78, 5) is 17.1. The topological polar surface area (TPSA) is 71.5 Å². The fourth-order valence-corrected chi connectivity index (χ4v) is 3.77. The van der Waals surface area contributed by atoms with Gasteiger partial charge in [0.15, 0.2) is 0 Å². The molecule has 1 unspecified atom stereocenters. The molecular formula is C22H21F3N2O3S. The van der Waals surface area contributed by atoms with Gasteiger partial charge < -0.3 is 15.2 Å². The van der Waals surface area contributed by atoms with Crippen molar-refractivity contribution < 1.29 is 27.8 Å².